The molecular weight excluding hydrogens is 452 g/mol. The molecule has 0 N–H and O–H groups in total. The lowest BCUT2D eigenvalue weighted by molar-refractivity contribution is 0.489. The molecule has 2 heterocycles. The number of aromatic nitrogens is 2. The minimum atomic E-state index is 0.0342. The fourth-order valence-corrected chi connectivity index (χ4v) is 4.77. The van der Waals surface area contributed by atoms with Gasteiger partial charge in [0.1, 0.15) is 11.5 Å². The minimum Gasteiger partial charge on any atom is -0.457 e. The molecule has 0 aliphatic rings. The predicted molar refractivity (Wildman–Crippen MR) is 153 cm³/mol. The first-order valence-corrected chi connectivity index (χ1v) is 12.6. The van der Waals surface area contributed by atoms with Gasteiger partial charge in [0.25, 0.3) is 0 Å². The van der Waals surface area contributed by atoms with E-state index in [1.54, 1.807) is 0 Å². The maximum Gasteiger partial charge on any atom is 0.135 e. The van der Waals surface area contributed by atoms with Crippen molar-refractivity contribution in [2.75, 3.05) is 0 Å². The van der Waals surface area contributed by atoms with Crippen molar-refractivity contribution in [1.29, 1.82) is 0 Å². The number of nitrogens with zero attached hydrogens (tertiary/aromatic N) is 2. The van der Waals surface area contributed by atoms with Gasteiger partial charge in [-0.1, -0.05) is 75.4 Å². The standard InChI is InChI=1S/C34H28N2O/c1-34(2,3)26-15-17-36-32(21-26)30-22-27(19-24-11-4-6-12-28(24)30)37-33-20-25(31-14-8-9-16-35-31)18-23-10-5-7-13-29(23)33/h4-22H,1-3H3. The molecule has 0 amide bonds. The Kier molecular flexibility index (Phi) is 5.69. The Morgan fingerprint density at radius 1 is 0.595 bits per heavy atom. The molecule has 0 fully saturated rings. The van der Waals surface area contributed by atoms with Crippen LogP contribution in [0.5, 0.6) is 11.5 Å². The highest BCUT2D eigenvalue weighted by Gasteiger charge is 2.17. The van der Waals surface area contributed by atoms with Gasteiger partial charge < -0.3 is 4.74 Å². The molecular formula is C34H28N2O. The third-order valence-electron chi connectivity index (χ3n) is 6.75. The zero-order valence-corrected chi connectivity index (χ0v) is 21.3. The highest BCUT2D eigenvalue weighted by Crippen LogP contribution is 2.39. The van der Waals surface area contributed by atoms with Crippen molar-refractivity contribution in [2.24, 2.45) is 0 Å². The van der Waals surface area contributed by atoms with Gasteiger partial charge in [0.15, 0.2) is 0 Å². The second-order valence-corrected chi connectivity index (χ2v) is 10.4. The fourth-order valence-electron chi connectivity index (χ4n) is 4.77. The number of pyridine rings is 2. The molecule has 180 valence electrons. The lowest BCUT2D eigenvalue weighted by Crippen LogP contribution is -2.11. The van der Waals surface area contributed by atoms with E-state index in [1.165, 1.54) is 5.56 Å². The Bertz CT molecular complexity index is 1730. The van der Waals surface area contributed by atoms with Gasteiger partial charge in [-0.3, -0.25) is 9.97 Å². The monoisotopic (exact) mass is 480 g/mol. The molecule has 2 aromatic heterocycles. The number of hydrogen-bond acceptors (Lipinski definition) is 3. The summed E-state index contributed by atoms with van der Waals surface area (Å²) in [6.45, 7) is 6.68. The average molecular weight is 481 g/mol. The molecule has 0 aliphatic heterocycles. The number of rotatable bonds is 4. The molecule has 37 heavy (non-hydrogen) atoms. The van der Waals surface area contributed by atoms with E-state index in [4.69, 9.17) is 9.72 Å². The van der Waals surface area contributed by atoms with E-state index in [-0.39, 0.29) is 5.41 Å². The van der Waals surface area contributed by atoms with Gasteiger partial charge in [0, 0.05) is 28.9 Å². The summed E-state index contributed by atoms with van der Waals surface area (Å²) in [5, 5.41) is 4.44. The molecule has 6 rings (SSSR count). The first-order chi connectivity index (χ1) is 18.0. The van der Waals surface area contributed by atoms with Gasteiger partial charge in [-0.2, -0.15) is 0 Å². The minimum absolute atomic E-state index is 0.0342. The Balaban J connectivity index is 1.51. The van der Waals surface area contributed by atoms with Crippen LogP contribution in [0.25, 0.3) is 44.1 Å². The molecule has 3 nitrogen and oxygen atoms in total. The van der Waals surface area contributed by atoms with Crippen LogP contribution >= 0.6 is 0 Å². The molecule has 0 atom stereocenters. The quantitative estimate of drug-likeness (QED) is 0.252. The van der Waals surface area contributed by atoms with Crippen LogP contribution in [0, 0.1) is 0 Å². The number of fused-ring (bicyclic) bond motifs is 2. The molecule has 4 aromatic carbocycles. The van der Waals surface area contributed by atoms with Gasteiger partial charge in [-0.05, 0) is 75.7 Å². The maximum absolute atomic E-state index is 6.67. The zero-order chi connectivity index (χ0) is 25.4. The van der Waals surface area contributed by atoms with E-state index < -0.39 is 0 Å². The van der Waals surface area contributed by atoms with Crippen molar-refractivity contribution in [3.05, 3.63) is 121 Å². The van der Waals surface area contributed by atoms with E-state index >= 15 is 0 Å². The third kappa shape index (κ3) is 4.56. The van der Waals surface area contributed by atoms with Crippen molar-refractivity contribution in [1.82, 2.24) is 9.97 Å². The highest BCUT2D eigenvalue weighted by molar-refractivity contribution is 5.98. The lowest BCUT2D eigenvalue weighted by atomic mass is 9.86. The van der Waals surface area contributed by atoms with E-state index in [9.17, 15) is 0 Å². The van der Waals surface area contributed by atoms with Crippen LogP contribution in [-0.4, -0.2) is 9.97 Å². The van der Waals surface area contributed by atoms with Crippen molar-refractivity contribution < 1.29 is 4.74 Å². The molecule has 6 aromatic rings. The second-order valence-electron chi connectivity index (χ2n) is 10.4. The van der Waals surface area contributed by atoms with Crippen LogP contribution in [0.2, 0.25) is 0 Å². The van der Waals surface area contributed by atoms with Crippen molar-refractivity contribution >= 4 is 21.5 Å². The summed E-state index contributed by atoms with van der Waals surface area (Å²) in [5.41, 5.74) is 5.23. The molecule has 0 unspecified atom stereocenters. The molecule has 0 radical (unpaired) electrons. The molecule has 3 heteroatoms. The smallest absolute Gasteiger partial charge is 0.135 e. The molecule has 0 saturated carbocycles. The topological polar surface area (TPSA) is 35.0 Å². The van der Waals surface area contributed by atoms with Crippen LogP contribution in [0.4, 0.5) is 0 Å². The van der Waals surface area contributed by atoms with Crippen LogP contribution in [0.3, 0.4) is 0 Å². The fraction of sp³-hybridized carbons (Fsp3) is 0.118. The van der Waals surface area contributed by atoms with Crippen molar-refractivity contribution in [3.63, 3.8) is 0 Å². The first-order valence-electron chi connectivity index (χ1n) is 12.6. The number of benzene rings is 4. The van der Waals surface area contributed by atoms with Gasteiger partial charge in [-0.25, -0.2) is 0 Å². The van der Waals surface area contributed by atoms with Crippen molar-refractivity contribution in [3.8, 4) is 34.0 Å². The second kappa shape index (κ2) is 9.18. The number of hydrogen-bond donors (Lipinski definition) is 0. The Morgan fingerprint density at radius 3 is 2.05 bits per heavy atom. The van der Waals surface area contributed by atoms with Crippen LogP contribution in [-0.2, 0) is 5.41 Å². The van der Waals surface area contributed by atoms with Gasteiger partial charge in [-0.15, -0.1) is 0 Å². The summed E-state index contributed by atoms with van der Waals surface area (Å²) in [4.78, 5) is 9.32. The largest absolute Gasteiger partial charge is 0.457 e. The average Bonchev–Trinajstić information content (AvgIpc) is 2.92. The first kappa shape index (κ1) is 22.9. The normalized spacial score (nSPS) is 11.6. The number of ether oxygens (including phenoxy) is 1. The Labute approximate surface area is 217 Å². The zero-order valence-electron chi connectivity index (χ0n) is 21.3. The van der Waals surface area contributed by atoms with E-state index in [2.05, 4.69) is 105 Å². The highest BCUT2D eigenvalue weighted by atomic mass is 16.5. The summed E-state index contributed by atoms with van der Waals surface area (Å²) < 4.78 is 6.67. The van der Waals surface area contributed by atoms with Gasteiger partial charge in [0.05, 0.1) is 11.4 Å². The van der Waals surface area contributed by atoms with E-state index in [0.717, 1.165) is 55.6 Å². The molecule has 0 bridgehead atoms. The van der Waals surface area contributed by atoms with Crippen LogP contribution in [0.1, 0.15) is 26.3 Å². The van der Waals surface area contributed by atoms with Crippen molar-refractivity contribution in [2.45, 2.75) is 26.2 Å². The third-order valence-corrected chi connectivity index (χ3v) is 6.75. The Morgan fingerprint density at radius 2 is 1.30 bits per heavy atom. The predicted octanol–water partition coefficient (Wildman–Crippen LogP) is 9.21. The van der Waals surface area contributed by atoms with Gasteiger partial charge >= 0.3 is 0 Å². The Hall–Kier alpha value is -4.50. The molecule has 0 saturated heterocycles. The summed E-state index contributed by atoms with van der Waals surface area (Å²) in [6, 6.07) is 35.4. The van der Waals surface area contributed by atoms with Crippen LogP contribution in [0.15, 0.2) is 116 Å². The summed E-state index contributed by atoms with van der Waals surface area (Å²) in [6.07, 6.45) is 3.72. The lowest BCUT2D eigenvalue weighted by Gasteiger charge is -2.20. The van der Waals surface area contributed by atoms with Gasteiger partial charge in [0.2, 0.25) is 0 Å². The summed E-state index contributed by atoms with van der Waals surface area (Å²) in [7, 11) is 0. The molecule has 0 aliphatic carbocycles. The summed E-state index contributed by atoms with van der Waals surface area (Å²) >= 11 is 0. The molecule has 0 spiro atoms. The van der Waals surface area contributed by atoms with E-state index in [0.29, 0.717) is 0 Å². The maximum atomic E-state index is 6.67. The van der Waals surface area contributed by atoms with Crippen LogP contribution < -0.4 is 4.74 Å². The van der Waals surface area contributed by atoms with E-state index in [1.807, 2.05) is 36.7 Å². The SMILES string of the molecule is CC(C)(C)c1ccnc(-c2cc(Oc3cc(-c4ccccn4)cc4ccccc34)cc3ccccc23)c1. The summed E-state index contributed by atoms with van der Waals surface area (Å²) in [5.74, 6) is 1.58.